The van der Waals surface area contributed by atoms with Crippen molar-refractivity contribution in [1.82, 2.24) is 0 Å². The minimum atomic E-state index is -0.307. The molecule has 5 heteroatoms. The first-order chi connectivity index (χ1) is 9.10. The topological polar surface area (TPSA) is 21.3 Å². The van der Waals surface area contributed by atoms with Gasteiger partial charge in [-0.05, 0) is 24.3 Å². The summed E-state index contributed by atoms with van der Waals surface area (Å²) in [6.45, 7) is 0.353. The number of rotatable bonds is 4. The lowest BCUT2D eigenvalue weighted by molar-refractivity contribution is 0.411. The van der Waals surface area contributed by atoms with Crippen molar-refractivity contribution in [2.75, 3.05) is 12.4 Å². The summed E-state index contributed by atoms with van der Waals surface area (Å²) in [5.74, 6) is 0.194. The zero-order chi connectivity index (χ0) is 13.8. The molecule has 0 spiro atoms. The standard InChI is InChI=1S/C14H12BrClFNO/c1-19-11-4-2-9(13(17)7-11)8-18-14-6-10(15)3-5-12(14)16/h2-7,18H,8H2,1H3. The highest BCUT2D eigenvalue weighted by Gasteiger charge is 2.06. The molecular weight excluding hydrogens is 333 g/mol. The first-order valence-electron chi connectivity index (χ1n) is 5.61. The van der Waals surface area contributed by atoms with Crippen LogP contribution in [-0.4, -0.2) is 7.11 Å². The Morgan fingerprint density at radius 2 is 2.05 bits per heavy atom. The van der Waals surface area contributed by atoms with Gasteiger partial charge < -0.3 is 10.1 Å². The highest BCUT2D eigenvalue weighted by molar-refractivity contribution is 9.10. The maximum Gasteiger partial charge on any atom is 0.131 e. The van der Waals surface area contributed by atoms with Gasteiger partial charge in [0.05, 0.1) is 17.8 Å². The average Bonchev–Trinajstić information content (AvgIpc) is 2.40. The van der Waals surface area contributed by atoms with Gasteiger partial charge in [-0.25, -0.2) is 4.39 Å². The number of hydrogen-bond acceptors (Lipinski definition) is 2. The molecule has 0 unspecified atom stereocenters. The Bertz CT molecular complexity index is 592. The van der Waals surface area contributed by atoms with E-state index in [-0.39, 0.29) is 5.82 Å². The Hall–Kier alpha value is -1.26. The van der Waals surface area contributed by atoms with Crippen LogP contribution in [0.4, 0.5) is 10.1 Å². The first-order valence-corrected chi connectivity index (χ1v) is 6.78. The third-order valence-electron chi connectivity index (χ3n) is 2.66. The molecule has 2 aromatic carbocycles. The van der Waals surface area contributed by atoms with Crippen molar-refractivity contribution in [1.29, 1.82) is 0 Å². The van der Waals surface area contributed by atoms with E-state index in [0.29, 0.717) is 22.9 Å². The van der Waals surface area contributed by atoms with Gasteiger partial charge in [-0.1, -0.05) is 33.6 Å². The van der Waals surface area contributed by atoms with Crippen LogP contribution in [0.2, 0.25) is 5.02 Å². The SMILES string of the molecule is COc1ccc(CNc2cc(Br)ccc2Cl)c(F)c1. The number of halogens is 3. The van der Waals surface area contributed by atoms with E-state index in [0.717, 1.165) is 10.2 Å². The van der Waals surface area contributed by atoms with E-state index in [1.165, 1.54) is 13.2 Å². The van der Waals surface area contributed by atoms with E-state index in [1.807, 2.05) is 12.1 Å². The summed E-state index contributed by atoms with van der Waals surface area (Å²) < 4.78 is 19.6. The van der Waals surface area contributed by atoms with Crippen LogP contribution < -0.4 is 10.1 Å². The average molecular weight is 345 g/mol. The fourth-order valence-electron chi connectivity index (χ4n) is 1.62. The van der Waals surface area contributed by atoms with E-state index >= 15 is 0 Å². The van der Waals surface area contributed by atoms with Gasteiger partial charge in [0.2, 0.25) is 0 Å². The summed E-state index contributed by atoms with van der Waals surface area (Å²) in [6, 6.07) is 10.2. The molecule has 0 fully saturated rings. The number of benzene rings is 2. The van der Waals surface area contributed by atoms with Gasteiger partial charge >= 0.3 is 0 Å². The largest absolute Gasteiger partial charge is 0.497 e. The molecule has 2 rings (SSSR count). The van der Waals surface area contributed by atoms with Crippen molar-refractivity contribution < 1.29 is 9.13 Å². The molecule has 0 atom stereocenters. The summed E-state index contributed by atoms with van der Waals surface area (Å²) in [4.78, 5) is 0. The number of methoxy groups -OCH3 is 1. The fraction of sp³-hybridized carbons (Fsp3) is 0.143. The molecule has 0 heterocycles. The van der Waals surface area contributed by atoms with Crippen LogP contribution >= 0.6 is 27.5 Å². The predicted molar refractivity (Wildman–Crippen MR) is 79.4 cm³/mol. The van der Waals surface area contributed by atoms with Crippen LogP contribution in [-0.2, 0) is 6.54 Å². The van der Waals surface area contributed by atoms with Crippen molar-refractivity contribution in [3.63, 3.8) is 0 Å². The molecule has 0 bridgehead atoms. The van der Waals surface area contributed by atoms with Gasteiger partial charge in [-0.2, -0.15) is 0 Å². The summed E-state index contributed by atoms with van der Waals surface area (Å²) in [5, 5.41) is 3.70. The molecule has 0 aliphatic rings. The molecular formula is C14H12BrClFNO. The van der Waals surface area contributed by atoms with Gasteiger partial charge in [-0.15, -0.1) is 0 Å². The maximum absolute atomic E-state index is 13.8. The Labute approximate surface area is 124 Å². The van der Waals surface area contributed by atoms with Crippen LogP contribution in [0.25, 0.3) is 0 Å². The highest BCUT2D eigenvalue weighted by Crippen LogP contribution is 2.26. The van der Waals surface area contributed by atoms with Gasteiger partial charge in [0.25, 0.3) is 0 Å². The molecule has 0 aliphatic heterocycles. The lowest BCUT2D eigenvalue weighted by atomic mass is 10.2. The number of ether oxygens (including phenoxy) is 1. The number of nitrogens with one attached hydrogen (secondary N) is 1. The van der Waals surface area contributed by atoms with Crippen molar-refractivity contribution in [3.05, 3.63) is 57.3 Å². The summed E-state index contributed by atoms with van der Waals surface area (Å²) in [5.41, 5.74) is 1.31. The van der Waals surface area contributed by atoms with Crippen LogP contribution in [0.1, 0.15) is 5.56 Å². The minimum Gasteiger partial charge on any atom is -0.497 e. The lowest BCUT2D eigenvalue weighted by Crippen LogP contribution is -2.02. The van der Waals surface area contributed by atoms with E-state index in [4.69, 9.17) is 16.3 Å². The number of anilines is 1. The Morgan fingerprint density at radius 1 is 1.26 bits per heavy atom. The summed E-state index contributed by atoms with van der Waals surface area (Å²) in [6.07, 6.45) is 0. The molecule has 0 aromatic heterocycles. The molecule has 0 saturated heterocycles. The first kappa shape index (κ1) is 14.2. The van der Waals surface area contributed by atoms with Crippen molar-refractivity contribution >= 4 is 33.2 Å². The second kappa shape index (κ2) is 6.26. The highest BCUT2D eigenvalue weighted by atomic mass is 79.9. The van der Waals surface area contributed by atoms with Gasteiger partial charge in [0, 0.05) is 22.6 Å². The zero-order valence-corrected chi connectivity index (χ0v) is 12.6. The van der Waals surface area contributed by atoms with Crippen molar-refractivity contribution in [3.8, 4) is 5.75 Å². The normalized spacial score (nSPS) is 10.3. The minimum absolute atomic E-state index is 0.307. The van der Waals surface area contributed by atoms with E-state index in [9.17, 15) is 4.39 Å². The second-order valence-electron chi connectivity index (χ2n) is 3.94. The van der Waals surface area contributed by atoms with Crippen molar-refractivity contribution in [2.45, 2.75) is 6.54 Å². The molecule has 19 heavy (non-hydrogen) atoms. The molecule has 0 saturated carbocycles. The predicted octanol–water partition coefficient (Wildman–Crippen LogP) is 4.86. The quantitative estimate of drug-likeness (QED) is 0.855. The molecule has 100 valence electrons. The number of hydrogen-bond donors (Lipinski definition) is 1. The van der Waals surface area contributed by atoms with Crippen LogP contribution in [0.3, 0.4) is 0 Å². The van der Waals surface area contributed by atoms with Gasteiger partial charge in [0.15, 0.2) is 0 Å². The fourth-order valence-corrected chi connectivity index (χ4v) is 2.17. The zero-order valence-electron chi connectivity index (χ0n) is 10.2. The van der Waals surface area contributed by atoms with Gasteiger partial charge in [0.1, 0.15) is 11.6 Å². The van der Waals surface area contributed by atoms with Crippen LogP contribution in [0.15, 0.2) is 40.9 Å². The Balaban J connectivity index is 2.12. The summed E-state index contributed by atoms with van der Waals surface area (Å²) >= 11 is 9.42. The lowest BCUT2D eigenvalue weighted by Gasteiger charge is -2.10. The maximum atomic E-state index is 13.8. The second-order valence-corrected chi connectivity index (χ2v) is 5.26. The Kier molecular flexibility index (Phi) is 4.66. The molecule has 0 radical (unpaired) electrons. The molecule has 2 aromatic rings. The Morgan fingerprint density at radius 3 is 2.74 bits per heavy atom. The third kappa shape index (κ3) is 3.61. The van der Waals surface area contributed by atoms with E-state index in [2.05, 4.69) is 21.2 Å². The van der Waals surface area contributed by atoms with Crippen LogP contribution in [0, 0.1) is 5.82 Å². The van der Waals surface area contributed by atoms with Gasteiger partial charge in [-0.3, -0.25) is 0 Å². The van der Waals surface area contributed by atoms with E-state index < -0.39 is 0 Å². The molecule has 0 amide bonds. The molecule has 2 nitrogen and oxygen atoms in total. The smallest absolute Gasteiger partial charge is 0.131 e. The third-order valence-corrected chi connectivity index (χ3v) is 3.48. The molecule has 1 N–H and O–H groups in total. The van der Waals surface area contributed by atoms with Crippen LogP contribution in [0.5, 0.6) is 5.75 Å². The summed E-state index contributed by atoms with van der Waals surface area (Å²) in [7, 11) is 1.51. The van der Waals surface area contributed by atoms with Crippen molar-refractivity contribution in [2.24, 2.45) is 0 Å². The monoisotopic (exact) mass is 343 g/mol. The van der Waals surface area contributed by atoms with E-state index in [1.54, 1.807) is 18.2 Å². The molecule has 0 aliphatic carbocycles.